The second-order valence-electron chi connectivity index (χ2n) is 8.04. The third kappa shape index (κ3) is 3.64. The largest absolute Gasteiger partial charge is 0.454 e. The summed E-state index contributed by atoms with van der Waals surface area (Å²) in [4.78, 5) is 51.3. The highest BCUT2D eigenvalue weighted by Crippen LogP contribution is 2.35. The van der Waals surface area contributed by atoms with Crippen LogP contribution in [0.3, 0.4) is 0 Å². The van der Waals surface area contributed by atoms with Crippen molar-refractivity contribution in [2.75, 3.05) is 18.7 Å². The number of nitrogens with zero attached hydrogens (tertiary/aromatic N) is 1. The molecular formula is C24H20N4O6. The first-order chi connectivity index (χ1) is 16.3. The van der Waals surface area contributed by atoms with Gasteiger partial charge in [-0.05, 0) is 35.4 Å². The predicted molar refractivity (Wildman–Crippen MR) is 121 cm³/mol. The smallest absolute Gasteiger partial charge is 0.325 e. The summed E-state index contributed by atoms with van der Waals surface area (Å²) >= 11 is 0. The Bertz CT molecular complexity index is 1350. The van der Waals surface area contributed by atoms with Crippen molar-refractivity contribution in [2.24, 2.45) is 0 Å². The SMILES string of the molecule is CC1(c2cccc3ccccc23)NC(=O)N(CC(=O)NC(=O)Nc2ccc3c(c2)OCO3)C1=O. The number of rotatable bonds is 4. The van der Waals surface area contributed by atoms with Gasteiger partial charge >= 0.3 is 12.1 Å². The molecule has 0 saturated carbocycles. The minimum Gasteiger partial charge on any atom is -0.454 e. The molecule has 10 heteroatoms. The molecule has 0 bridgehead atoms. The third-order valence-electron chi connectivity index (χ3n) is 5.79. The molecule has 10 nitrogen and oxygen atoms in total. The van der Waals surface area contributed by atoms with Crippen LogP contribution in [0.1, 0.15) is 12.5 Å². The van der Waals surface area contributed by atoms with E-state index >= 15 is 0 Å². The molecule has 3 N–H and O–H groups in total. The van der Waals surface area contributed by atoms with E-state index in [1.54, 1.807) is 37.3 Å². The number of amides is 6. The number of hydrogen-bond acceptors (Lipinski definition) is 6. The number of benzene rings is 3. The second kappa shape index (κ2) is 8.07. The topological polar surface area (TPSA) is 126 Å². The lowest BCUT2D eigenvalue weighted by molar-refractivity contribution is -0.134. The lowest BCUT2D eigenvalue weighted by Crippen LogP contribution is -2.45. The van der Waals surface area contributed by atoms with Crippen molar-refractivity contribution in [1.82, 2.24) is 15.5 Å². The zero-order valence-corrected chi connectivity index (χ0v) is 18.1. The van der Waals surface area contributed by atoms with Gasteiger partial charge in [-0.2, -0.15) is 0 Å². The fourth-order valence-electron chi connectivity index (χ4n) is 4.13. The lowest BCUT2D eigenvalue weighted by Gasteiger charge is -2.24. The Morgan fingerprint density at radius 3 is 2.65 bits per heavy atom. The molecule has 3 aromatic rings. The summed E-state index contributed by atoms with van der Waals surface area (Å²) < 4.78 is 10.5. The van der Waals surface area contributed by atoms with Crippen molar-refractivity contribution in [2.45, 2.75) is 12.5 Å². The number of anilines is 1. The Labute approximate surface area is 193 Å². The standard InChI is InChI=1S/C24H20N4O6/c1-24(17-8-4-6-14-5-2-3-7-16(14)17)21(30)28(23(32)27-24)12-20(29)26-22(31)25-15-9-10-18-19(11-15)34-13-33-18/h2-11H,12-13H2,1H3,(H,27,32)(H2,25,26,29,31). The van der Waals surface area contributed by atoms with Gasteiger partial charge in [0, 0.05) is 11.8 Å². The van der Waals surface area contributed by atoms with Gasteiger partial charge in [-0.3, -0.25) is 19.8 Å². The molecule has 0 aliphatic carbocycles. The molecule has 1 fully saturated rings. The monoisotopic (exact) mass is 460 g/mol. The van der Waals surface area contributed by atoms with Gasteiger partial charge < -0.3 is 20.1 Å². The van der Waals surface area contributed by atoms with Gasteiger partial charge in [-0.25, -0.2) is 9.59 Å². The van der Waals surface area contributed by atoms with E-state index in [0.717, 1.165) is 15.7 Å². The Kier molecular flexibility index (Phi) is 5.05. The Hall–Kier alpha value is -4.60. The molecule has 0 spiro atoms. The van der Waals surface area contributed by atoms with Crippen molar-refractivity contribution in [3.8, 4) is 11.5 Å². The number of ether oxygens (including phenoxy) is 2. The predicted octanol–water partition coefficient (Wildman–Crippen LogP) is 2.68. The molecule has 0 aromatic heterocycles. The average Bonchev–Trinajstić information content (AvgIpc) is 3.36. The summed E-state index contributed by atoms with van der Waals surface area (Å²) in [6.45, 7) is 1.08. The first-order valence-electron chi connectivity index (χ1n) is 10.5. The number of hydrogen-bond donors (Lipinski definition) is 3. The summed E-state index contributed by atoms with van der Waals surface area (Å²) in [7, 11) is 0. The lowest BCUT2D eigenvalue weighted by atomic mass is 9.88. The van der Waals surface area contributed by atoms with Gasteiger partial charge in [-0.15, -0.1) is 0 Å². The highest BCUT2D eigenvalue weighted by Gasteiger charge is 2.50. The molecule has 0 radical (unpaired) electrons. The van der Waals surface area contributed by atoms with Crippen LogP contribution in [0.5, 0.6) is 11.5 Å². The minimum atomic E-state index is -1.35. The van der Waals surface area contributed by atoms with Crippen molar-refractivity contribution in [3.63, 3.8) is 0 Å². The maximum absolute atomic E-state index is 13.2. The van der Waals surface area contributed by atoms with Crippen LogP contribution in [0, 0.1) is 0 Å². The number of urea groups is 2. The van der Waals surface area contributed by atoms with Crippen LogP contribution in [-0.4, -0.2) is 42.1 Å². The van der Waals surface area contributed by atoms with E-state index in [0.29, 0.717) is 22.7 Å². The molecule has 2 aliphatic heterocycles. The third-order valence-corrected chi connectivity index (χ3v) is 5.79. The number of fused-ring (bicyclic) bond motifs is 2. The van der Waals surface area contributed by atoms with Gasteiger partial charge in [0.05, 0.1) is 0 Å². The van der Waals surface area contributed by atoms with Crippen LogP contribution in [0.2, 0.25) is 0 Å². The maximum atomic E-state index is 13.2. The van der Waals surface area contributed by atoms with Gasteiger partial charge in [0.2, 0.25) is 12.7 Å². The van der Waals surface area contributed by atoms with E-state index in [9.17, 15) is 19.2 Å². The van der Waals surface area contributed by atoms with E-state index < -0.39 is 36.0 Å². The van der Waals surface area contributed by atoms with E-state index in [1.165, 1.54) is 0 Å². The quantitative estimate of drug-likeness (QED) is 0.514. The first-order valence-corrected chi connectivity index (χ1v) is 10.5. The zero-order valence-electron chi connectivity index (χ0n) is 18.1. The normalized spacial score (nSPS) is 18.7. The highest BCUT2D eigenvalue weighted by molar-refractivity contribution is 6.12. The van der Waals surface area contributed by atoms with E-state index in [2.05, 4.69) is 16.0 Å². The van der Waals surface area contributed by atoms with Crippen LogP contribution < -0.4 is 25.4 Å². The number of carbonyl (C=O) groups is 4. The Balaban J connectivity index is 1.27. The Morgan fingerprint density at radius 1 is 1.03 bits per heavy atom. The van der Waals surface area contributed by atoms with Crippen LogP contribution in [0.15, 0.2) is 60.7 Å². The highest BCUT2D eigenvalue weighted by atomic mass is 16.7. The van der Waals surface area contributed by atoms with E-state index in [4.69, 9.17) is 9.47 Å². The first kappa shape index (κ1) is 21.3. The van der Waals surface area contributed by atoms with Gasteiger partial charge in [0.15, 0.2) is 11.5 Å². The molecule has 172 valence electrons. The number of carbonyl (C=O) groups excluding carboxylic acids is 4. The molecule has 1 atom stereocenters. The summed E-state index contributed by atoms with van der Waals surface area (Å²) in [6.07, 6.45) is 0. The molecule has 3 aromatic carbocycles. The van der Waals surface area contributed by atoms with Gasteiger partial charge in [0.25, 0.3) is 5.91 Å². The van der Waals surface area contributed by atoms with E-state index in [1.807, 2.05) is 30.3 Å². The zero-order chi connectivity index (χ0) is 23.9. The van der Waals surface area contributed by atoms with E-state index in [-0.39, 0.29) is 6.79 Å². The Morgan fingerprint density at radius 2 is 1.79 bits per heavy atom. The van der Waals surface area contributed by atoms with Crippen LogP contribution >= 0.6 is 0 Å². The van der Waals surface area contributed by atoms with Gasteiger partial charge in [0.1, 0.15) is 12.1 Å². The van der Waals surface area contributed by atoms with Crippen molar-refractivity contribution >= 4 is 40.3 Å². The van der Waals surface area contributed by atoms with Crippen LogP contribution in [0.4, 0.5) is 15.3 Å². The summed E-state index contributed by atoms with van der Waals surface area (Å²) in [5.74, 6) is -0.380. The maximum Gasteiger partial charge on any atom is 0.325 e. The fraction of sp³-hybridized carbons (Fsp3) is 0.167. The molecule has 2 heterocycles. The van der Waals surface area contributed by atoms with Crippen molar-refractivity contribution in [3.05, 3.63) is 66.2 Å². The minimum absolute atomic E-state index is 0.0904. The van der Waals surface area contributed by atoms with Crippen molar-refractivity contribution in [1.29, 1.82) is 0 Å². The second-order valence-corrected chi connectivity index (χ2v) is 8.04. The molecule has 1 saturated heterocycles. The molecule has 34 heavy (non-hydrogen) atoms. The molecule has 6 amide bonds. The van der Waals surface area contributed by atoms with Crippen LogP contribution in [0.25, 0.3) is 10.8 Å². The summed E-state index contributed by atoms with van der Waals surface area (Å²) in [6, 6.07) is 16.2. The summed E-state index contributed by atoms with van der Waals surface area (Å²) in [5, 5.41) is 9.05. The number of imide groups is 2. The van der Waals surface area contributed by atoms with Crippen molar-refractivity contribution < 1.29 is 28.7 Å². The average molecular weight is 460 g/mol. The fourth-order valence-corrected chi connectivity index (χ4v) is 4.13. The molecule has 2 aliphatic rings. The summed E-state index contributed by atoms with van der Waals surface area (Å²) in [5.41, 5.74) is -0.354. The van der Waals surface area contributed by atoms with Crippen LogP contribution in [-0.2, 0) is 15.1 Å². The number of nitrogens with one attached hydrogen (secondary N) is 3. The molecular weight excluding hydrogens is 440 g/mol. The van der Waals surface area contributed by atoms with Gasteiger partial charge in [-0.1, -0.05) is 42.5 Å². The molecule has 5 rings (SSSR count). The molecule has 1 unspecified atom stereocenters.